The molecule has 1 aromatic carbocycles. The Hall–Kier alpha value is -2.12. The Morgan fingerprint density at radius 2 is 1.95 bits per heavy atom. The Morgan fingerprint density at radius 1 is 1.21 bits per heavy atom. The summed E-state index contributed by atoms with van der Waals surface area (Å²) in [5.74, 6) is 1.27. The van der Waals surface area contributed by atoms with Gasteiger partial charge in [-0.2, -0.15) is 5.26 Å². The molecule has 1 heterocycles. The molecule has 0 aliphatic carbocycles. The van der Waals surface area contributed by atoms with Crippen LogP contribution in [0.3, 0.4) is 0 Å². The molecule has 96 valence electrons. The first kappa shape index (κ1) is 13.3. The molecular formula is C14H13ClN4. The molecule has 1 aromatic heterocycles. The van der Waals surface area contributed by atoms with Gasteiger partial charge >= 0.3 is 0 Å². The molecule has 0 amide bonds. The topological polar surface area (TPSA) is 61.6 Å². The van der Waals surface area contributed by atoms with Gasteiger partial charge in [-0.3, -0.25) is 0 Å². The fourth-order valence-electron chi connectivity index (χ4n) is 1.67. The molecule has 19 heavy (non-hydrogen) atoms. The number of hydrogen-bond donors (Lipinski definition) is 1. The highest BCUT2D eigenvalue weighted by Crippen LogP contribution is 2.25. The highest BCUT2D eigenvalue weighted by molar-refractivity contribution is 6.30. The fraction of sp³-hybridized carbons (Fsp3) is 0.214. The quantitative estimate of drug-likeness (QED) is 0.847. The van der Waals surface area contributed by atoms with Crippen LogP contribution in [0.25, 0.3) is 0 Å². The Labute approximate surface area is 117 Å². The third-order valence-corrected chi connectivity index (χ3v) is 3.19. The Bertz CT molecular complexity index is 674. The predicted molar refractivity (Wildman–Crippen MR) is 75.7 cm³/mol. The molecule has 0 atom stereocenters. The second-order valence-electron chi connectivity index (χ2n) is 4.30. The zero-order valence-corrected chi connectivity index (χ0v) is 11.7. The van der Waals surface area contributed by atoms with E-state index in [0.717, 1.165) is 16.8 Å². The van der Waals surface area contributed by atoms with Gasteiger partial charge in [0.05, 0.1) is 11.6 Å². The van der Waals surface area contributed by atoms with Crippen LogP contribution in [0.5, 0.6) is 0 Å². The van der Waals surface area contributed by atoms with Crippen LogP contribution in [-0.2, 0) is 0 Å². The van der Waals surface area contributed by atoms with E-state index >= 15 is 0 Å². The number of nitrogens with one attached hydrogen (secondary N) is 1. The number of halogens is 1. The fourth-order valence-corrected chi connectivity index (χ4v) is 1.88. The van der Waals surface area contributed by atoms with E-state index in [4.69, 9.17) is 16.9 Å². The van der Waals surface area contributed by atoms with Crippen LogP contribution < -0.4 is 5.32 Å². The van der Waals surface area contributed by atoms with Crippen molar-refractivity contribution >= 4 is 23.1 Å². The third kappa shape index (κ3) is 2.83. The molecule has 0 radical (unpaired) electrons. The molecule has 0 aliphatic heterocycles. The van der Waals surface area contributed by atoms with Crippen LogP contribution in [-0.4, -0.2) is 9.97 Å². The maximum Gasteiger partial charge on any atom is 0.138 e. The first-order valence-corrected chi connectivity index (χ1v) is 6.17. The lowest BCUT2D eigenvalue weighted by molar-refractivity contribution is 1.04. The largest absolute Gasteiger partial charge is 0.340 e. The number of nitriles is 1. The van der Waals surface area contributed by atoms with E-state index in [-0.39, 0.29) is 0 Å². The van der Waals surface area contributed by atoms with Crippen LogP contribution in [0, 0.1) is 32.1 Å². The van der Waals surface area contributed by atoms with Crippen LogP contribution in [0.15, 0.2) is 18.2 Å². The molecule has 0 saturated carbocycles. The SMILES string of the molecule is Cc1nc(Cl)c(C)c(Nc2cc(C#N)ccc2C)n1. The lowest BCUT2D eigenvalue weighted by Gasteiger charge is -2.12. The third-order valence-electron chi connectivity index (χ3n) is 2.82. The number of aryl methyl sites for hydroxylation is 2. The number of benzene rings is 1. The molecule has 2 rings (SSSR count). The summed E-state index contributed by atoms with van der Waals surface area (Å²) in [5, 5.41) is 12.6. The minimum Gasteiger partial charge on any atom is -0.340 e. The van der Waals surface area contributed by atoms with Gasteiger partial charge in [0.15, 0.2) is 0 Å². The summed E-state index contributed by atoms with van der Waals surface area (Å²) < 4.78 is 0. The number of aromatic nitrogens is 2. The summed E-state index contributed by atoms with van der Waals surface area (Å²) in [6.07, 6.45) is 0. The summed E-state index contributed by atoms with van der Waals surface area (Å²) in [6.45, 7) is 5.61. The summed E-state index contributed by atoms with van der Waals surface area (Å²) in [5.41, 5.74) is 3.26. The van der Waals surface area contributed by atoms with Crippen LogP contribution in [0.2, 0.25) is 5.15 Å². The minimum atomic E-state index is 0.434. The van der Waals surface area contributed by atoms with E-state index in [1.165, 1.54) is 0 Å². The molecule has 0 bridgehead atoms. The number of nitrogens with zero attached hydrogens (tertiary/aromatic N) is 3. The predicted octanol–water partition coefficient (Wildman–Crippen LogP) is 3.67. The smallest absolute Gasteiger partial charge is 0.138 e. The second-order valence-corrected chi connectivity index (χ2v) is 4.66. The zero-order chi connectivity index (χ0) is 14.0. The van der Waals surface area contributed by atoms with Gasteiger partial charge in [0.2, 0.25) is 0 Å². The number of hydrogen-bond acceptors (Lipinski definition) is 4. The maximum atomic E-state index is 8.94. The van der Waals surface area contributed by atoms with Crippen molar-refractivity contribution in [2.45, 2.75) is 20.8 Å². The first-order chi connectivity index (χ1) is 9.01. The van der Waals surface area contributed by atoms with Crippen LogP contribution in [0.4, 0.5) is 11.5 Å². The Kier molecular flexibility index (Phi) is 3.68. The van der Waals surface area contributed by atoms with E-state index in [1.807, 2.05) is 19.9 Å². The summed E-state index contributed by atoms with van der Waals surface area (Å²) in [6, 6.07) is 7.59. The van der Waals surface area contributed by atoms with Gasteiger partial charge in [0.1, 0.15) is 16.8 Å². The molecular weight excluding hydrogens is 260 g/mol. The molecule has 5 heteroatoms. The van der Waals surface area contributed by atoms with E-state index in [2.05, 4.69) is 21.4 Å². The number of anilines is 2. The standard InChI is InChI=1S/C14H13ClN4/c1-8-4-5-11(7-16)6-12(8)19-14-9(2)13(15)17-10(3)18-14/h4-6H,1-3H3,(H,17,18,19). The van der Waals surface area contributed by atoms with E-state index in [0.29, 0.717) is 22.4 Å². The van der Waals surface area contributed by atoms with E-state index in [9.17, 15) is 0 Å². The summed E-state index contributed by atoms with van der Waals surface area (Å²) >= 11 is 6.04. The highest BCUT2D eigenvalue weighted by Gasteiger charge is 2.09. The molecule has 0 aliphatic rings. The lowest BCUT2D eigenvalue weighted by atomic mass is 10.1. The summed E-state index contributed by atoms with van der Waals surface area (Å²) in [4.78, 5) is 8.43. The van der Waals surface area contributed by atoms with E-state index < -0.39 is 0 Å². The van der Waals surface area contributed by atoms with Crippen molar-refractivity contribution in [1.29, 1.82) is 5.26 Å². The van der Waals surface area contributed by atoms with Crippen LogP contribution >= 0.6 is 11.6 Å². The molecule has 0 saturated heterocycles. The van der Waals surface area contributed by atoms with Crippen molar-refractivity contribution in [3.8, 4) is 6.07 Å². The van der Waals surface area contributed by atoms with Gasteiger partial charge in [-0.25, -0.2) is 9.97 Å². The Balaban J connectivity index is 2.44. The lowest BCUT2D eigenvalue weighted by Crippen LogP contribution is -2.02. The van der Waals surface area contributed by atoms with Crippen molar-refractivity contribution in [3.05, 3.63) is 45.9 Å². The van der Waals surface area contributed by atoms with Gasteiger partial charge in [0.25, 0.3) is 0 Å². The van der Waals surface area contributed by atoms with Crippen molar-refractivity contribution in [3.63, 3.8) is 0 Å². The van der Waals surface area contributed by atoms with Gasteiger partial charge in [-0.1, -0.05) is 17.7 Å². The second kappa shape index (κ2) is 5.25. The van der Waals surface area contributed by atoms with Crippen molar-refractivity contribution in [2.75, 3.05) is 5.32 Å². The Morgan fingerprint density at radius 3 is 2.63 bits per heavy atom. The average molecular weight is 273 g/mol. The van der Waals surface area contributed by atoms with Gasteiger partial charge < -0.3 is 5.32 Å². The van der Waals surface area contributed by atoms with Crippen molar-refractivity contribution in [2.24, 2.45) is 0 Å². The molecule has 0 fully saturated rings. The normalized spacial score (nSPS) is 10.1. The van der Waals surface area contributed by atoms with Gasteiger partial charge in [-0.05, 0) is 38.5 Å². The van der Waals surface area contributed by atoms with Gasteiger partial charge in [-0.15, -0.1) is 0 Å². The van der Waals surface area contributed by atoms with Crippen molar-refractivity contribution < 1.29 is 0 Å². The average Bonchev–Trinajstić information content (AvgIpc) is 2.38. The molecule has 0 unspecified atom stereocenters. The van der Waals surface area contributed by atoms with Gasteiger partial charge in [0, 0.05) is 11.3 Å². The summed E-state index contributed by atoms with van der Waals surface area (Å²) in [7, 11) is 0. The molecule has 4 nitrogen and oxygen atoms in total. The highest BCUT2D eigenvalue weighted by atomic mass is 35.5. The molecule has 2 aromatic rings. The van der Waals surface area contributed by atoms with Crippen molar-refractivity contribution in [1.82, 2.24) is 9.97 Å². The molecule has 0 spiro atoms. The minimum absolute atomic E-state index is 0.434. The number of rotatable bonds is 2. The maximum absolute atomic E-state index is 8.94. The molecule has 1 N–H and O–H groups in total. The monoisotopic (exact) mass is 272 g/mol. The zero-order valence-electron chi connectivity index (χ0n) is 11.0. The van der Waals surface area contributed by atoms with E-state index in [1.54, 1.807) is 19.1 Å². The first-order valence-electron chi connectivity index (χ1n) is 5.80. The van der Waals surface area contributed by atoms with Crippen LogP contribution in [0.1, 0.15) is 22.5 Å².